The van der Waals surface area contributed by atoms with E-state index in [1.807, 2.05) is 0 Å². The van der Waals surface area contributed by atoms with Gasteiger partial charge in [0.15, 0.2) is 12.2 Å². The van der Waals surface area contributed by atoms with Crippen LogP contribution in [0.2, 0.25) is 0 Å². The Kier molecular flexibility index (Phi) is 3.51. The van der Waals surface area contributed by atoms with Crippen molar-refractivity contribution in [2.75, 3.05) is 0 Å². The first kappa shape index (κ1) is 14.4. The van der Waals surface area contributed by atoms with E-state index in [-0.39, 0.29) is 10.7 Å². The Hall–Kier alpha value is -2.51. The van der Waals surface area contributed by atoms with E-state index in [4.69, 9.17) is 9.56 Å². The molecule has 1 heterocycles. The molecule has 0 spiro atoms. The highest BCUT2D eigenvalue weighted by Crippen LogP contribution is 2.31. The molecule has 0 radical (unpaired) electrons. The Morgan fingerprint density at radius 2 is 1.55 bits per heavy atom. The standard InChI is InChI=1S/C15H11FN2O3S/c16-12-5-1-11(2-6-12)15-14(18-9-21-15)10-3-7-13(8-4-10)22(17,19)20/h1-9H,(H2,17,19,20). The molecule has 22 heavy (non-hydrogen) atoms. The maximum atomic E-state index is 13.0. The Labute approximate surface area is 126 Å². The first-order valence-corrected chi connectivity index (χ1v) is 7.82. The van der Waals surface area contributed by atoms with Gasteiger partial charge in [-0.3, -0.25) is 0 Å². The summed E-state index contributed by atoms with van der Waals surface area (Å²) in [7, 11) is -3.74. The highest BCUT2D eigenvalue weighted by Gasteiger charge is 2.14. The van der Waals surface area contributed by atoms with E-state index in [2.05, 4.69) is 4.98 Å². The van der Waals surface area contributed by atoms with Crippen molar-refractivity contribution in [3.63, 3.8) is 0 Å². The number of primary sulfonamides is 1. The predicted molar refractivity (Wildman–Crippen MR) is 78.7 cm³/mol. The van der Waals surface area contributed by atoms with Gasteiger partial charge < -0.3 is 4.42 Å². The molecule has 0 aliphatic rings. The third-order valence-corrected chi connectivity index (χ3v) is 4.06. The molecular formula is C15H11FN2O3S. The van der Waals surface area contributed by atoms with Gasteiger partial charge in [0, 0.05) is 11.1 Å². The van der Waals surface area contributed by atoms with Crippen molar-refractivity contribution in [1.82, 2.24) is 4.98 Å². The highest BCUT2D eigenvalue weighted by molar-refractivity contribution is 7.89. The van der Waals surface area contributed by atoms with Crippen LogP contribution in [-0.2, 0) is 10.0 Å². The van der Waals surface area contributed by atoms with Gasteiger partial charge in [0.2, 0.25) is 10.0 Å². The van der Waals surface area contributed by atoms with Crippen LogP contribution in [0, 0.1) is 5.82 Å². The van der Waals surface area contributed by atoms with Gasteiger partial charge in [0.25, 0.3) is 0 Å². The molecule has 0 aliphatic carbocycles. The van der Waals surface area contributed by atoms with Crippen LogP contribution in [0.1, 0.15) is 0 Å². The Morgan fingerprint density at radius 3 is 2.14 bits per heavy atom. The van der Waals surface area contributed by atoms with E-state index in [0.717, 1.165) is 0 Å². The van der Waals surface area contributed by atoms with Crippen molar-refractivity contribution in [3.8, 4) is 22.6 Å². The molecule has 5 nitrogen and oxygen atoms in total. The van der Waals surface area contributed by atoms with Gasteiger partial charge in [-0.15, -0.1) is 0 Å². The number of aromatic nitrogens is 1. The van der Waals surface area contributed by atoms with E-state index in [1.165, 1.54) is 30.7 Å². The van der Waals surface area contributed by atoms with Crippen LogP contribution in [0.4, 0.5) is 4.39 Å². The molecule has 3 rings (SSSR count). The molecule has 7 heteroatoms. The van der Waals surface area contributed by atoms with Crippen LogP contribution in [-0.4, -0.2) is 13.4 Å². The average molecular weight is 318 g/mol. The van der Waals surface area contributed by atoms with Gasteiger partial charge in [-0.05, 0) is 36.4 Å². The molecule has 0 amide bonds. The molecule has 0 unspecified atom stereocenters. The van der Waals surface area contributed by atoms with Gasteiger partial charge in [-0.25, -0.2) is 22.9 Å². The number of hydrogen-bond acceptors (Lipinski definition) is 4. The number of hydrogen-bond donors (Lipinski definition) is 1. The first-order chi connectivity index (χ1) is 10.4. The predicted octanol–water partition coefficient (Wildman–Crippen LogP) is 2.80. The van der Waals surface area contributed by atoms with Crippen LogP contribution in [0.5, 0.6) is 0 Å². The van der Waals surface area contributed by atoms with E-state index < -0.39 is 10.0 Å². The number of oxazole rings is 1. The van der Waals surface area contributed by atoms with E-state index in [0.29, 0.717) is 22.6 Å². The SMILES string of the molecule is NS(=O)(=O)c1ccc(-c2ncoc2-c2ccc(F)cc2)cc1. The maximum absolute atomic E-state index is 13.0. The van der Waals surface area contributed by atoms with Crippen LogP contribution < -0.4 is 5.14 Å². The van der Waals surface area contributed by atoms with Gasteiger partial charge >= 0.3 is 0 Å². The smallest absolute Gasteiger partial charge is 0.238 e. The summed E-state index contributed by atoms with van der Waals surface area (Å²) in [6, 6.07) is 11.8. The number of nitrogens with two attached hydrogens (primary N) is 1. The number of halogens is 1. The van der Waals surface area contributed by atoms with Crippen LogP contribution in [0.3, 0.4) is 0 Å². The molecule has 2 aromatic carbocycles. The van der Waals surface area contributed by atoms with Gasteiger partial charge in [-0.1, -0.05) is 12.1 Å². The summed E-state index contributed by atoms with van der Waals surface area (Å²) in [5, 5.41) is 5.06. The summed E-state index contributed by atoms with van der Waals surface area (Å²) in [4.78, 5) is 4.15. The zero-order chi connectivity index (χ0) is 15.7. The van der Waals surface area contributed by atoms with Crippen LogP contribution in [0.15, 0.2) is 64.2 Å². The minimum Gasteiger partial charge on any atom is -0.443 e. The molecule has 0 aliphatic heterocycles. The summed E-state index contributed by atoms with van der Waals surface area (Å²) in [6.07, 6.45) is 1.28. The van der Waals surface area contributed by atoms with Crippen molar-refractivity contribution in [2.45, 2.75) is 4.90 Å². The molecule has 0 saturated heterocycles. The highest BCUT2D eigenvalue weighted by atomic mass is 32.2. The van der Waals surface area contributed by atoms with Crippen molar-refractivity contribution >= 4 is 10.0 Å². The summed E-state index contributed by atoms with van der Waals surface area (Å²) < 4.78 is 40.9. The van der Waals surface area contributed by atoms with E-state index in [1.54, 1.807) is 24.3 Å². The Balaban J connectivity index is 2.03. The van der Waals surface area contributed by atoms with E-state index in [9.17, 15) is 12.8 Å². The Morgan fingerprint density at radius 1 is 0.955 bits per heavy atom. The number of sulfonamides is 1. The zero-order valence-corrected chi connectivity index (χ0v) is 12.0. The Bertz CT molecular complexity index is 901. The second-order valence-corrected chi connectivity index (χ2v) is 6.17. The lowest BCUT2D eigenvalue weighted by Crippen LogP contribution is -2.11. The van der Waals surface area contributed by atoms with Gasteiger partial charge in [0.05, 0.1) is 4.90 Å². The summed E-state index contributed by atoms with van der Waals surface area (Å²) in [5.74, 6) is 0.130. The lowest BCUT2D eigenvalue weighted by Gasteiger charge is -2.03. The number of benzene rings is 2. The van der Waals surface area contributed by atoms with Crippen molar-refractivity contribution < 1.29 is 17.2 Å². The van der Waals surface area contributed by atoms with Crippen LogP contribution >= 0.6 is 0 Å². The maximum Gasteiger partial charge on any atom is 0.238 e. The number of rotatable bonds is 3. The molecule has 112 valence electrons. The summed E-state index contributed by atoms with van der Waals surface area (Å²) >= 11 is 0. The lowest BCUT2D eigenvalue weighted by molar-refractivity contribution is 0.571. The minimum absolute atomic E-state index is 0.0167. The largest absolute Gasteiger partial charge is 0.443 e. The fourth-order valence-electron chi connectivity index (χ4n) is 2.06. The molecule has 0 atom stereocenters. The van der Waals surface area contributed by atoms with E-state index >= 15 is 0 Å². The van der Waals surface area contributed by atoms with Crippen molar-refractivity contribution in [1.29, 1.82) is 0 Å². The minimum atomic E-state index is -3.74. The fraction of sp³-hybridized carbons (Fsp3) is 0. The molecular weight excluding hydrogens is 307 g/mol. The number of nitrogens with zero attached hydrogens (tertiary/aromatic N) is 1. The average Bonchev–Trinajstić information content (AvgIpc) is 2.97. The fourth-order valence-corrected chi connectivity index (χ4v) is 2.58. The van der Waals surface area contributed by atoms with Crippen molar-refractivity contribution in [3.05, 3.63) is 60.7 Å². The summed E-state index contributed by atoms with van der Waals surface area (Å²) in [6.45, 7) is 0. The van der Waals surface area contributed by atoms with Crippen molar-refractivity contribution in [2.24, 2.45) is 5.14 Å². The normalized spacial score (nSPS) is 11.5. The zero-order valence-electron chi connectivity index (χ0n) is 11.2. The molecule has 1 aromatic heterocycles. The quantitative estimate of drug-likeness (QED) is 0.804. The third-order valence-electron chi connectivity index (χ3n) is 3.13. The molecule has 0 bridgehead atoms. The molecule has 0 saturated carbocycles. The first-order valence-electron chi connectivity index (χ1n) is 6.28. The lowest BCUT2D eigenvalue weighted by atomic mass is 10.1. The summed E-state index contributed by atoms with van der Waals surface area (Å²) in [5.41, 5.74) is 1.87. The molecule has 2 N–H and O–H groups in total. The van der Waals surface area contributed by atoms with Crippen LogP contribution in [0.25, 0.3) is 22.6 Å². The topological polar surface area (TPSA) is 86.2 Å². The van der Waals surface area contributed by atoms with Gasteiger partial charge in [-0.2, -0.15) is 0 Å². The second kappa shape index (κ2) is 5.36. The third kappa shape index (κ3) is 2.76. The van der Waals surface area contributed by atoms with Gasteiger partial charge in [0.1, 0.15) is 11.5 Å². The molecule has 3 aromatic rings. The monoisotopic (exact) mass is 318 g/mol. The second-order valence-electron chi connectivity index (χ2n) is 4.61. The molecule has 0 fully saturated rings.